The summed E-state index contributed by atoms with van der Waals surface area (Å²) < 4.78 is 1.06. The zero-order valence-electron chi connectivity index (χ0n) is 18.1. The fourth-order valence-corrected chi connectivity index (χ4v) is 5.00. The van der Waals surface area contributed by atoms with Crippen molar-refractivity contribution in [3.63, 3.8) is 0 Å². The molecule has 2 saturated heterocycles. The Kier molecular flexibility index (Phi) is 5.91. The molecule has 3 heterocycles. The topological polar surface area (TPSA) is 102 Å². The normalized spacial score (nSPS) is 20.8. The number of rotatable bonds is 6. The van der Waals surface area contributed by atoms with Crippen LogP contribution in [0.1, 0.15) is 38.5 Å². The maximum absolute atomic E-state index is 13.2. The monoisotopic (exact) mass is 423 g/mol. The molecule has 164 valence electrons. The van der Waals surface area contributed by atoms with Crippen molar-refractivity contribution in [3.05, 3.63) is 63.3 Å². The first kappa shape index (κ1) is 21.2. The minimum Gasteiger partial charge on any atom is -0.364 e. The molecule has 0 bridgehead atoms. The van der Waals surface area contributed by atoms with Gasteiger partial charge < -0.3 is 15.5 Å². The Morgan fingerprint density at radius 1 is 1.10 bits per heavy atom. The molecular formula is C23H29N5O3. The van der Waals surface area contributed by atoms with Crippen LogP contribution >= 0.6 is 0 Å². The van der Waals surface area contributed by atoms with Gasteiger partial charge in [-0.3, -0.25) is 14.2 Å². The summed E-state index contributed by atoms with van der Waals surface area (Å²) in [5.74, 6) is -0.200. The number of hydrogen-bond acceptors (Lipinski definition) is 5. The molecule has 2 N–H and O–H groups in total. The van der Waals surface area contributed by atoms with E-state index in [1.165, 1.54) is 12.6 Å². The van der Waals surface area contributed by atoms with E-state index >= 15 is 0 Å². The standard InChI is InChI=1S/C23H29N5O3/c1-15-19(20(21(24)29)26(2)23(31)25-15)22(30)28-13-17-11-27(12-18(17)14-28)10-6-9-16-7-4-3-5-8-16/h3-5,7-8,17-18H,6,9-14H2,1-2H3,(H2,24,29)/t17-,18?/m0/s1. The lowest BCUT2D eigenvalue weighted by Crippen LogP contribution is -2.39. The predicted octanol–water partition coefficient (Wildman–Crippen LogP) is 0.824. The van der Waals surface area contributed by atoms with Crippen LogP contribution in [-0.2, 0) is 13.5 Å². The molecule has 8 heteroatoms. The van der Waals surface area contributed by atoms with Crippen LogP contribution in [0.3, 0.4) is 0 Å². The second kappa shape index (κ2) is 8.63. The van der Waals surface area contributed by atoms with Crippen molar-refractivity contribution in [3.8, 4) is 0 Å². The molecule has 8 nitrogen and oxygen atoms in total. The zero-order valence-corrected chi connectivity index (χ0v) is 18.1. The lowest BCUT2D eigenvalue weighted by Gasteiger charge is -2.23. The first-order valence-corrected chi connectivity index (χ1v) is 10.8. The average molecular weight is 424 g/mol. The maximum Gasteiger partial charge on any atom is 0.348 e. The molecule has 1 aromatic heterocycles. The van der Waals surface area contributed by atoms with Gasteiger partial charge in [-0.25, -0.2) is 4.79 Å². The summed E-state index contributed by atoms with van der Waals surface area (Å²) >= 11 is 0. The molecule has 2 aliphatic rings. The van der Waals surface area contributed by atoms with Gasteiger partial charge in [0, 0.05) is 33.2 Å². The van der Waals surface area contributed by atoms with Gasteiger partial charge in [-0.2, -0.15) is 4.98 Å². The molecule has 1 unspecified atom stereocenters. The molecule has 31 heavy (non-hydrogen) atoms. The van der Waals surface area contributed by atoms with E-state index in [-0.39, 0.29) is 22.9 Å². The quantitative estimate of drug-likeness (QED) is 0.741. The average Bonchev–Trinajstić information content (AvgIpc) is 3.29. The van der Waals surface area contributed by atoms with Gasteiger partial charge in [-0.15, -0.1) is 0 Å². The van der Waals surface area contributed by atoms with Crippen molar-refractivity contribution < 1.29 is 9.59 Å². The number of carbonyl (C=O) groups is 2. The van der Waals surface area contributed by atoms with Crippen molar-refractivity contribution in [2.24, 2.45) is 24.6 Å². The van der Waals surface area contributed by atoms with E-state index in [1.807, 2.05) is 6.07 Å². The van der Waals surface area contributed by atoms with Crippen molar-refractivity contribution in [2.45, 2.75) is 19.8 Å². The highest BCUT2D eigenvalue weighted by molar-refractivity contribution is 6.06. The third kappa shape index (κ3) is 4.25. The van der Waals surface area contributed by atoms with Crippen LogP contribution in [-0.4, -0.2) is 63.9 Å². The van der Waals surface area contributed by atoms with Crippen LogP contribution in [0.2, 0.25) is 0 Å². The van der Waals surface area contributed by atoms with Gasteiger partial charge in [0.05, 0.1) is 11.3 Å². The van der Waals surface area contributed by atoms with Gasteiger partial charge >= 0.3 is 5.69 Å². The summed E-state index contributed by atoms with van der Waals surface area (Å²) in [5, 5.41) is 0. The highest BCUT2D eigenvalue weighted by Gasteiger charge is 2.42. The van der Waals surface area contributed by atoms with Gasteiger partial charge in [0.1, 0.15) is 5.69 Å². The van der Waals surface area contributed by atoms with Crippen LogP contribution in [0.4, 0.5) is 0 Å². The number of benzene rings is 1. The Hall–Kier alpha value is -3.00. The summed E-state index contributed by atoms with van der Waals surface area (Å²) in [7, 11) is 1.41. The summed E-state index contributed by atoms with van der Waals surface area (Å²) in [5.41, 5.74) is 6.59. The maximum atomic E-state index is 13.2. The number of hydrogen-bond donors (Lipinski definition) is 1. The molecule has 2 aliphatic heterocycles. The molecule has 4 rings (SSSR count). The summed E-state index contributed by atoms with van der Waals surface area (Å²) in [6.45, 7) is 5.91. The van der Waals surface area contributed by atoms with Gasteiger partial charge in [0.2, 0.25) is 0 Å². The van der Waals surface area contributed by atoms with E-state index in [4.69, 9.17) is 5.73 Å². The van der Waals surface area contributed by atoms with Crippen LogP contribution in [0.5, 0.6) is 0 Å². The number of nitrogens with two attached hydrogens (primary N) is 1. The first-order valence-electron chi connectivity index (χ1n) is 10.8. The second-order valence-electron chi connectivity index (χ2n) is 8.71. The number of aryl methyl sites for hydroxylation is 2. The molecular weight excluding hydrogens is 394 g/mol. The van der Waals surface area contributed by atoms with Gasteiger partial charge in [0.25, 0.3) is 11.8 Å². The SMILES string of the molecule is Cc1nc(=O)n(C)c(C(N)=O)c1C(=O)N1CC2CN(CCCc3ccccc3)C[C@H]2C1. The fraction of sp³-hybridized carbons (Fsp3) is 0.478. The fourth-order valence-electron chi connectivity index (χ4n) is 5.00. The molecule has 0 saturated carbocycles. The molecule has 1 aromatic carbocycles. The minimum atomic E-state index is -0.794. The number of aromatic nitrogens is 2. The third-order valence-corrected chi connectivity index (χ3v) is 6.56. The summed E-state index contributed by atoms with van der Waals surface area (Å²) in [6.07, 6.45) is 2.20. The number of likely N-dealkylation sites (tertiary alicyclic amines) is 2. The predicted molar refractivity (Wildman–Crippen MR) is 117 cm³/mol. The van der Waals surface area contributed by atoms with Gasteiger partial charge in [-0.05, 0) is 43.7 Å². The van der Waals surface area contributed by atoms with E-state index in [0.29, 0.717) is 24.9 Å². The van der Waals surface area contributed by atoms with E-state index in [1.54, 1.807) is 11.8 Å². The Bertz CT molecular complexity index is 1040. The second-order valence-corrected chi connectivity index (χ2v) is 8.71. The van der Waals surface area contributed by atoms with Crippen molar-refractivity contribution in [1.82, 2.24) is 19.4 Å². The molecule has 2 aromatic rings. The van der Waals surface area contributed by atoms with Crippen LogP contribution < -0.4 is 11.4 Å². The van der Waals surface area contributed by atoms with Gasteiger partial charge in [0.15, 0.2) is 0 Å². The van der Waals surface area contributed by atoms with Crippen molar-refractivity contribution >= 4 is 11.8 Å². The third-order valence-electron chi connectivity index (χ3n) is 6.56. The molecule has 0 aliphatic carbocycles. The van der Waals surface area contributed by atoms with E-state index in [9.17, 15) is 14.4 Å². The van der Waals surface area contributed by atoms with Crippen LogP contribution in [0.15, 0.2) is 35.1 Å². The Balaban J connectivity index is 1.38. The van der Waals surface area contributed by atoms with E-state index in [2.05, 4.69) is 34.1 Å². The molecule has 2 fully saturated rings. The van der Waals surface area contributed by atoms with Crippen LogP contribution in [0.25, 0.3) is 0 Å². The van der Waals surface area contributed by atoms with Gasteiger partial charge in [-0.1, -0.05) is 30.3 Å². The lowest BCUT2D eigenvalue weighted by molar-refractivity contribution is 0.0765. The van der Waals surface area contributed by atoms with Crippen molar-refractivity contribution in [1.29, 1.82) is 0 Å². The Morgan fingerprint density at radius 3 is 2.35 bits per heavy atom. The van der Waals surface area contributed by atoms with E-state index < -0.39 is 11.6 Å². The zero-order chi connectivity index (χ0) is 22.1. The smallest absolute Gasteiger partial charge is 0.348 e. The van der Waals surface area contributed by atoms with Crippen molar-refractivity contribution in [2.75, 3.05) is 32.7 Å². The van der Waals surface area contributed by atoms with E-state index in [0.717, 1.165) is 37.0 Å². The highest BCUT2D eigenvalue weighted by Crippen LogP contribution is 2.32. The Labute approximate surface area is 181 Å². The molecule has 2 atom stereocenters. The summed E-state index contributed by atoms with van der Waals surface area (Å²) in [4.78, 5) is 45.3. The van der Waals surface area contributed by atoms with Crippen LogP contribution in [0, 0.1) is 18.8 Å². The number of primary amides is 1. The highest BCUT2D eigenvalue weighted by atomic mass is 16.2. The first-order chi connectivity index (χ1) is 14.8. The number of amides is 2. The largest absolute Gasteiger partial charge is 0.364 e. The molecule has 2 amide bonds. The molecule has 0 spiro atoms. The Morgan fingerprint density at radius 2 is 1.74 bits per heavy atom. The number of carbonyl (C=O) groups excluding carboxylic acids is 2. The molecule has 0 radical (unpaired) electrons. The summed E-state index contributed by atoms with van der Waals surface area (Å²) in [6, 6.07) is 10.5. The number of nitrogens with zero attached hydrogens (tertiary/aromatic N) is 4. The lowest BCUT2D eigenvalue weighted by atomic mass is 10.0. The minimum absolute atomic E-state index is 0.0675. The number of fused-ring (bicyclic) bond motifs is 1.